The van der Waals surface area contributed by atoms with Crippen LogP contribution in [0.2, 0.25) is 0 Å². The third-order valence-corrected chi connectivity index (χ3v) is 5.05. The predicted molar refractivity (Wildman–Crippen MR) is 88.0 cm³/mol. The first-order chi connectivity index (χ1) is 9.37. The Morgan fingerprint density at radius 2 is 1.60 bits per heavy atom. The second-order valence-corrected chi connectivity index (χ2v) is 7.87. The van der Waals surface area contributed by atoms with Gasteiger partial charge in [-0.15, -0.1) is 0 Å². The van der Waals surface area contributed by atoms with E-state index in [0.717, 1.165) is 32.2 Å². The Hall–Kier alpha value is -0.0800. The third-order valence-electron chi connectivity index (χ3n) is 5.05. The van der Waals surface area contributed by atoms with Crippen molar-refractivity contribution < 1.29 is 5.11 Å². The van der Waals surface area contributed by atoms with Crippen LogP contribution in [-0.4, -0.2) is 23.3 Å². The molecule has 0 radical (unpaired) electrons. The van der Waals surface area contributed by atoms with Gasteiger partial charge in [0.1, 0.15) is 0 Å². The van der Waals surface area contributed by atoms with Crippen LogP contribution in [0.3, 0.4) is 0 Å². The molecule has 1 fully saturated rings. The molecule has 120 valence electrons. The topological polar surface area (TPSA) is 32.3 Å². The van der Waals surface area contributed by atoms with Gasteiger partial charge in [-0.25, -0.2) is 0 Å². The van der Waals surface area contributed by atoms with E-state index in [1.54, 1.807) is 0 Å². The van der Waals surface area contributed by atoms with Crippen molar-refractivity contribution >= 4 is 0 Å². The third kappa shape index (κ3) is 7.08. The van der Waals surface area contributed by atoms with E-state index in [1.165, 1.54) is 38.5 Å². The highest BCUT2D eigenvalue weighted by Gasteiger charge is 2.36. The zero-order valence-electron chi connectivity index (χ0n) is 14.3. The Kier molecular flexibility index (Phi) is 7.53. The Bertz CT molecular complexity index is 252. The van der Waals surface area contributed by atoms with Gasteiger partial charge >= 0.3 is 0 Å². The quantitative estimate of drug-likeness (QED) is 0.603. The van der Waals surface area contributed by atoms with E-state index in [1.807, 2.05) is 0 Å². The van der Waals surface area contributed by atoms with E-state index in [2.05, 4.69) is 33.0 Å². The van der Waals surface area contributed by atoms with Gasteiger partial charge in [0.2, 0.25) is 0 Å². The number of aliphatic hydroxyl groups is 1. The highest BCUT2D eigenvalue weighted by Crippen LogP contribution is 2.39. The molecule has 20 heavy (non-hydrogen) atoms. The van der Waals surface area contributed by atoms with Crippen LogP contribution >= 0.6 is 0 Å². The molecule has 0 spiro atoms. The van der Waals surface area contributed by atoms with Crippen LogP contribution in [0.25, 0.3) is 0 Å². The molecule has 0 bridgehead atoms. The first kappa shape index (κ1) is 18.0. The molecule has 1 atom stereocenters. The fraction of sp³-hybridized carbons (Fsp3) is 1.00. The summed E-state index contributed by atoms with van der Waals surface area (Å²) in [7, 11) is 0. The Balaban J connectivity index is 2.12. The van der Waals surface area contributed by atoms with Crippen LogP contribution < -0.4 is 5.32 Å². The Labute approximate surface area is 126 Å². The summed E-state index contributed by atoms with van der Waals surface area (Å²) in [6.07, 6.45) is 12.2. The lowest BCUT2D eigenvalue weighted by Crippen LogP contribution is -2.47. The minimum absolute atomic E-state index is 0.428. The molecule has 0 aromatic rings. The molecule has 1 aliphatic carbocycles. The summed E-state index contributed by atoms with van der Waals surface area (Å²) >= 11 is 0. The number of hydrogen-bond donors (Lipinski definition) is 2. The summed E-state index contributed by atoms with van der Waals surface area (Å²) in [5, 5.41) is 14.2. The normalized spacial score (nSPS) is 22.6. The molecule has 1 aliphatic rings. The maximum Gasteiger partial charge on any atom is 0.0772 e. The Morgan fingerprint density at radius 3 is 2.20 bits per heavy atom. The fourth-order valence-electron chi connectivity index (χ4n) is 3.09. The van der Waals surface area contributed by atoms with Crippen LogP contribution in [0.5, 0.6) is 0 Å². The minimum atomic E-state index is -0.452. The summed E-state index contributed by atoms with van der Waals surface area (Å²) in [6.45, 7) is 9.93. The van der Waals surface area contributed by atoms with Gasteiger partial charge in [-0.2, -0.15) is 0 Å². The van der Waals surface area contributed by atoms with Crippen LogP contribution in [0.1, 0.15) is 91.9 Å². The van der Waals surface area contributed by atoms with Crippen molar-refractivity contribution in [2.45, 2.75) is 104 Å². The highest BCUT2D eigenvalue weighted by atomic mass is 16.3. The number of unbranched alkanes of at least 4 members (excludes halogenated alkanes) is 4. The summed E-state index contributed by atoms with van der Waals surface area (Å²) in [4.78, 5) is 0. The minimum Gasteiger partial charge on any atom is -0.389 e. The van der Waals surface area contributed by atoms with Crippen molar-refractivity contribution in [1.29, 1.82) is 0 Å². The molecule has 0 saturated heterocycles. The zero-order valence-corrected chi connectivity index (χ0v) is 14.3. The molecule has 0 heterocycles. The molecular formula is C18H37NO. The largest absolute Gasteiger partial charge is 0.389 e. The van der Waals surface area contributed by atoms with Gasteiger partial charge in [-0.05, 0) is 44.4 Å². The molecule has 2 heteroatoms. The molecule has 0 aromatic carbocycles. The average Bonchev–Trinajstić information content (AvgIpc) is 2.40. The molecular weight excluding hydrogens is 246 g/mol. The van der Waals surface area contributed by atoms with Crippen molar-refractivity contribution in [3.8, 4) is 0 Å². The van der Waals surface area contributed by atoms with Crippen molar-refractivity contribution in [2.24, 2.45) is 5.41 Å². The van der Waals surface area contributed by atoms with Crippen LogP contribution in [0.15, 0.2) is 0 Å². The maximum absolute atomic E-state index is 10.6. The van der Waals surface area contributed by atoms with Crippen molar-refractivity contribution in [2.75, 3.05) is 6.54 Å². The lowest BCUT2D eigenvalue weighted by Gasteiger charge is -2.40. The first-order valence-electron chi connectivity index (χ1n) is 8.83. The molecule has 2 nitrogen and oxygen atoms in total. The van der Waals surface area contributed by atoms with Crippen molar-refractivity contribution in [3.63, 3.8) is 0 Å². The Morgan fingerprint density at radius 1 is 1.00 bits per heavy atom. The van der Waals surface area contributed by atoms with Gasteiger partial charge < -0.3 is 10.4 Å². The van der Waals surface area contributed by atoms with Gasteiger partial charge in [0.05, 0.1) is 5.60 Å². The van der Waals surface area contributed by atoms with E-state index in [4.69, 9.17) is 0 Å². The maximum atomic E-state index is 10.6. The second kappa shape index (κ2) is 8.38. The van der Waals surface area contributed by atoms with Gasteiger partial charge in [0, 0.05) is 12.6 Å². The average molecular weight is 284 g/mol. The smallest absolute Gasteiger partial charge is 0.0772 e. The van der Waals surface area contributed by atoms with E-state index in [9.17, 15) is 5.11 Å². The van der Waals surface area contributed by atoms with Crippen LogP contribution in [0, 0.1) is 5.41 Å². The van der Waals surface area contributed by atoms with E-state index in [-0.39, 0.29) is 0 Å². The molecule has 0 aromatic heterocycles. The summed E-state index contributed by atoms with van der Waals surface area (Å²) in [5.41, 5.74) is -0.0247. The van der Waals surface area contributed by atoms with Gasteiger partial charge in [-0.1, -0.05) is 52.9 Å². The lowest BCUT2D eigenvalue weighted by molar-refractivity contribution is -0.0259. The molecule has 0 aliphatic heterocycles. The van der Waals surface area contributed by atoms with E-state index < -0.39 is 5.60 Å². The van der Waals surface area contributed by atoms with Crippen molar-refractivity contribution in [1.82, 2.24) is 5.32 Å². The lowest BCUT2D eigenvalue weighted by atomic mass is 9.71. The fourth-order valence-corrected chi connectivity index (χ4v) is 3.09. The van der Waals surface area contributed by atoms with Crippen LogP contribution in [-0.2, 0) is 0 Å². The number of nitrogens with one attached hydrogen (secondary N) is 1. The molecule has 0 amide bonds. The van der Waals surface area contributed by atoms with Gasteiger partial charge in [-0.3, -0.25) is 0 Å². The SMILES string of the molecule is CCCCCCCC(C)NCC1(O)CCC(C)(C)CC1. The monoisotopic (exact) mass is 283 g/mol. The highest BCUT2D eigenvalue weighted by molar-refractivity contribution is 4.91. The van der Waals surface area contributed by atoms with E-state index >= 15 is 0 Å². The number of hydrogen-bond acceptors (Lipinski definition) is 2. The van der Waals surface area contributed by atoms with Gasteiger partial charge in [0.15, 0.2) is 0 Å². The van der Waals surface area contributed by atoms with Crippen LogP contribution in [0.4, 0.5) is 0 Å². The van der Waals surface area contributed by atoms with Gasteiger partial charge in [0.25, 0.3) is 0 Å². The molecule has 1 saturated carbocycles. The molecule has 1 unspecified atom stereocenters. The summed E-state index contributed by atoms with van der Waals surface area (Å²) < 4.78 is 0. The summed E-state index contributed by atoms with van der Waals surface area (Å²) in [6, 6.07) is 0.538. The van der Waals surface area contributed by atoms with E-state index in [0.29, 0.717) is 11.5 Å². The first-order valence-corrected chi connectivity index (χ1v) is 8.83. The second-order valence-electron chi connectivity index (χ2n) is 7.87. The number of rotatable bonds is 9. The zero-order chi connectivity index (χ0) is 15.1. The van der Waals surface area contributed by atoms with Crippen molar-refractivity contribution in [3.05, 3.63) is 0 Å². The predicted octanol–water partition coefficient (Wildman–Crippen LogP) is 4.66. The standard InChI is InChI=1S/C18H37NO/c1-5-6-7-8-9-10-16(2)19-15-18(20)13-11-17(3,4)12-14-18/h16,19-20H,5-15H2,1-4H3. The molecule has 2 N–H and O–H groups in total. The summed E-state index contributed by atoms with van der Waals surface area (Å²) in [5.74, 6) is 0. The molecule has 1 rings (SSSR count).